The molecular weight excluding hydrogens is 309 g/mol. The second-order valence-corrected chi connectivity index (χ2v) is 4.40. The number of benzene rings is 2. The molecule has 1 aromatic heterocycles. The first kappa shape index (κ1) is 9.90. The fourth-order valence-electron chi connectivity index (χ4n) is 2.17. The summed E-state index contributed by atoms with van der Waals surface area (Å²) >= 11 is 2.25. The predicted octanol–water partition coefficient (Wildman–Crippen LogP) is 4.66. The molecule has 0 fully saturated rings. The Morgan fingerprint density at radius 1 is 0.812 bits per heavy atom. The molecule has 0 spiro atoms. The highest BCUT2D eigenvalue weighted by Gasteiger charge is 2.06. The molecule has 0 aliphatic carbocycles. The minimum absolute atomic E-state index is 1.26. The maximum Gasteiger partial charge on any atom is 0.0535 e. The lowest BCUT2D eigenvalue weighted by molar-refractivity contribution is 1.30. The molecule has 0 aliphatic heterocycles. The highest BCUT2D eigenvalue weighted by atomic mass is 127. The molecule has 3 rings (SSSR count). The highest BCUT2D eigenvalue weighted by molar-refractivity contribution is 14.1. The van der Waals surface area contributed by atoms with Crippen molar-refractivity contribution < 1.29 is 0 Å². The summed E-state index contributed by atoms with van der Waals surface area (Å²) in [5.41, 5.74) is 2.52. The van der Waals surface area contributed by atoms with Crippen molar-refractivity contribution in [2.75, 3.05) is 0 Å². The summed E-state index contributed by atoms with van der Waals surface area (Å²) < 4.78 is 4.27. The van der Waals surface area contributed by atoms with Crippen LogP contribution in [0, 0.1) is 0 Å². The van der Waals surface area contributed by atoms with Gasteiger partial charge < -0.3 is 4.57 Å². The van der Waals surface area contributed by atoms with E-state index in [-0.39, 0.29) is 0 Å². The summed E-state index contributed by atoms with van der Waals surface area (Å²) in [6.45, 7) is 0. The van der Waals surface area contributed by atoms with Crippen LogP contribution in [0.15, 0.2) is 52.6 Å². The van der Waals surface area contributed by atoms with Crippen molar-refractivity contribution in [2.45, 2.75) is 0 Å². The molecule has 16 heavy (non-hydrogen) atoms. The molecule has 0 bridgehead atoms. The average Bonchev–Trinajstić information content (AvgIpc) is 2.66. The van der Waals surface area contributed by atoms with Crippen LogP contribution in [0.1, 0.15) is 0 Å². The van der Waals surface area contributed by atoms with Gasteiger partial charge in [-0.2, -0.15) is 0 Å². The van der Waals surface area contributed by atoms with Crippen molar-refractivity contribution in [3.05, 3.63) is 52.6 Å². The van der Waals surface area contributed by atoms with Crippen LogP contribution in [0.3, 0.4) is 0 Å². The Labute approximate surface area is 108 Å². The Balaban J connectivity index is 2.59. The zero-order chi connectivity index (χ0) is 11.0. The van der Waals surface area contributed by atoms with Gasteiger partial charge >= 0.3 is 0 Å². The van der Waals surface area contributed by atoms with E-state index in [1.807, 2.05) is 4.08 Å². The SMILES string of the molecule is IC=Cn1c2ccccc2c2ccccc21. The molecule has 1 nitrogen and oxygen atoms in total. The maximum absolute atomic E-state index is 2.25. The number of halogens is 1. The van der Waals surface area contributed by atoms with Crippen LogP contribution in [0.5, 0.6) is 0 Å². The summed E-state index contributed by atoms with van der Waals surface area (Å²) in [5, 5.41) is 2.63. The summed E-state index contributed by atoms with van der Waals surface area (Å²) in [6.07, 6.45) is 2.10. The molecule has 1 heterocycles. The Kier molecular flexibility index (Phi) is 2.44. The van der Waals surface area contributed by atoms with Crippen molar-refractivity contribution in [3.63, 3.8) is 0 Å². The number of rotatable bonds is 1. The number of para-hydroxylation sites is 2. The van der Waals surface area contributed by atoms with E-state index in [4.69, 9.17) is 0 Å². The zero-order valence-electron chi connectivity index (χ0n) is 8.60. The third kappa shape index (κ3) is 1.37. The third-order valence-electron chi connectivity index (χ3n) is 2.82. The van der Waals surface area contributed by atoms with Gasteiger partial charge in [0.25, 0.3) is 0 Å². The normalized spacial score (nSPS) is 11.8. The molecule has 3 aromatic rings. The monoisotopic (exact) mass is 319 g/mol. The summed E-state index contributed by atoms with van der Waals surface area (Å²) in [5.74, 6) is 0. The molecule has 0 atom stereocenters. The van der Waals surface area contributed by atoms with Crippen molar-refractivity contribution in [2.24, 2.45) is 0 Å². The molecule has 78 valence electrons. The lowest BCUT2D eigenvalue weighted by Crippen LogP contribution is -1.83. The van der Waals surface area contributed by atoms with Crippen LogP contribution >= 0.6 is 22.6 Å². The molecule has 0 saturated carbocycles. The van der Waals surface area contributed by atoms with E-state index in [9.17, 15) is 0 Å². The van der Waals surface area contributed by atoms with E-state index in [2.05, 4.69) is 81.9 Å². The number of fused-ring (bicyclic) bond motifs is 3. The Hall–Kier alpha value is -1.29. The van der Waals surface area contributed by atoms with Crippen LogP contribution in [0.25, 0.3) is 28.0 Å². The lowest BCUT2D eigenvalue weighted by Gasteiger charge is -1.98. The second-order valence-electron chi connectivity index (χ2n) is 3.68. The van der Waals surface area contributed by atoms with E-state index in [0.29, 0.717) is 0 Å². The molecule has 0 N–H and O–H groups in total. The van der Waals surface area contributed by atoms with Gasteiger partial charge in [-0.3, -0.25) is 0 Å². The summed E-state index contributed by atoms with van der Waals surface area (Å²) in [4.78, 5) is 0. The predicted molar refractivity (Wildman–Crippen MR) is 78.8 cm³/mol. The lowest BCUT2D eigenvalue weighted by atomic mass is 10.2. The van der Waals surface area contributed by atoms with Gasteiger partial charge in [0.05, 0.1) is 11.0 Å². The molecule has 0 aliphatic rings. The van der Waals surface area contributed by atoms with Crippen LogP contribution in [0.2, 0.25) is 0 Å². The van der Waals surface area contributed by atoms with Crippen LogP contribution in [0.4, 0.5) is 0 Å². The number of nitrogens with zero attached hydrogens (tertiary/aromatic N) is 1. The number of hydrogen-bond acceptors (Lipinski definition) is 0. The van der Waals surface area contributed by atoms with Crippen LogP contribution in [-0.2, 0) is 0 Å². The van der Waals surface area contributed by atoms with Gasteiger partial charge in [-0.15, -0.1) is 0 Å². The van der Waals surface area contributed by atoms with E-state index >= 15 is 0 Å². The van der Waals surface area contributed by atoms with E-state index < -0.39 is 0 Å². The topological polar surface area (TPSA) is 4.93 Å². The second kappa shape index (κ2) is 3.94. The quantitative estimate of drug-likeness (QED) is 0.575. The molecule has 2 aromatic carbocycles. The Bertz CT molecular complexity index is 626. The zero-order valence-corrected chi connectivity index (χ0v) is 10.8. The molecule has 0 amide bonds. The minimum Gasteiger partial charge on any atom is -0.315 e. The minimum atomic E-state index is 1.26. The van der Waals surface area contributed by atoms with Gasteiger partial charge in [-0.25, -0.2) is 0 Å². The Morgan fingerprint density at radius 3 is 1.81 bits per heavy atom. The van der Waals surface area contributed by atoms with Gasteiger partial charge in [0.1, 0.15) is 0 Å². The highest BCUT2D eigenvalue weighted by Crippen LogP contribution is 2.28. The standard InChI is InChI=1S/C14H10IN/c15-9-10-16-13-7-3-1-5-11(13)12-6-2-4-8-14(12)16/h1-10H. The molecule has 0 unspecified atom stereocenters. The maximum atomic E-state index is 2.25. The number of aromatic nitrogens is 1. The van der Waals surface area contributed by atoms with Gasteiger partial charge in [-0.1, -0.05) is 59.0 Å². The smallest absolute Gasteiger partial charge is 0.0535 e. The van der Waals surface area contributed by atoms with Crippen molar-refractivity contribution in [1.82, 2.24) is 4.57 Å². The molecule has 0 radical (unpaired) electrons. The van der Waals surface area contributed by atoms with Crippen LogP contribution in [-0.4, -0.2) is 4.57 Å². The van der Waals surface area contributed by atoms with Gasteiger partial charge in [0.2, 0.25) is 0 Å². The first-order chi connectivity index (χ1) is 7.92. The fraction of sp³-hybridized carbons (Fsp3) is 0. The van der Waals surface area contributed by atoms with Crippen LogP contribution < -0.4 is 0 Å². The van der Waals surface area contributed by atoms with Crippen molar-refractivity contribution >= 4 is 50.6 Å². The largest absolute Gasteiger partial charge is 0.315 e. The van der Waals surface area contributed by atoms with Crippen molar-refractivity contribution in [3.8, 4) is 0 Å². The summed E-state index contributed by atoms with van der Waals surface area (Å²) in [6, 6.07) is 17.0. The summed E-state index contributed by atoms with van der Waals surface area (Å²) in [7, 11) is 0. The Morgan fingerprint density at radius 2 is 1.31 bits per heavy atom. The average molecular weight is 319 g/mol. The van der Waals surface area contributed by atoms with Crippen molar-refractivity contribution in [1.29, 1.82) is 0 Å². The first-order valence-electron chi connectivity index (χ1n) is 5.16. The van der Waals surface area contributed by atoms with E-state index in [0.717, 1.165) is 0 Å². The number of hydrogen-bond donors (Lipinski definition) is 0. The van der Waals surface area contributed by atoms with Gasteiger partial charge in [-0.05, 0) is 16.2 Å². The van der Waals surface area contributed by atoms with E-state index in [1.54, 1.807) is 0 Å². The first-order valence-corrected chi connectivity index (χ1v) is 6.41. The molecule has 2 heteroatoms. The third-order valence-corrected chi connectivity index (χ3v) is 3.14. The molecule has 0 saturated heterocycles. The fourth-order valence-corrected chi connectivity index (χ4v) is 2.49. The van der Waals surface area contributed by atoms with E-state index in [1.165, 1.54) is 21.8 Å². The van der Waals surface area contributed by atoms with Gasteiger partial charge in [0.15, 0.2) is 0 Å². The van der Waals surface area contributed by atoms with Gasteiger partial charge in [0, 0.05) is 17.0 Å². The molecular formula is C14H10IN.